The van der Waals surface area contributed by atoms with Gasteiger partial charge < -0.3 is 10.2 Å². The summed E-state index contributed by atoms with van der Waals surface area (Å²) >= 11 is 3.18. The number of hydrogen-bond donors (Lipinski definition) is 1. The first-order chi connectivity index (χ1) is 14.7. The minimum atomic E-state index is -0.638. The SMILES string of the molecule is O=C(NC1CCCC1)[C@@H](c1ccccc1)N(Cc1cccs1)C(=O)Cc1cccs1. The molecular formula is C24H26N2O2S2. The maximum atomic E-state index is 13.5. The highest BCUT2D eigenvalue weighted by molar-refractivity contribution is 7.10. The lowest BCUT2D eigenvalue weighted by Gasteiger charge is -2.32. The van der Waals surface area contributed by atoms with E-state index in [1.165, 1.54) is 0 Å². The van der Waals surface area contributed by atoms with Crippen LogP contribution in [0.3, 0.4) is 0 Å². The van der Waals surface area contributed by atoms with Gasteiger partial charge in [-0.25, -0.2) is 0 Å². The summed E-state index contributed by atoms with van der Waals surface area (Å²) in [6.45, 7) is 0.430. The molecule has 3 aromatic rings. The molecular weight excluding hydrogens is 412 g/mol. The predicted molar refractivity (Wildman–Crippen MR) is 122 cm³/mol. The zero-order valence-electron chi connectivity index (χ0n) is 16.8. The normalized spacial score (nSPS) is 15.1. The first-order valence-corrected chi connectivity index (χ1v) is 12.2. The molecule has 30 heavy (non-hydrogen) atoms. The molecule has 1 saturated carbocycles. The fourth-order valence-electron chi connectivity index (χ4n) is 4.02. The van der Waals surface area contributed by atoms with Crippen LogP contribution in [0.15, 0.2) is 65.4 Å². The second-order valence-corrected chi connectivity index (χ2v) is 9.72. The number of hydrogen-bond acceptors (Lipinski definition) is 4. The summed E-state index contributed by atoms with van der Waals surface area (Å²) in [7, 11) is 0. The van der Waals surface area contributed by atoms with Gasteiger partial charge in [-0.1, -0.05) is 55.3 Å². The van der Waals surface area contributed by atoms with Gasteiger partial charge >= 0.3 is 0 Å². The molecule has 2 aromatic heterocycles. The van der Waals surface area contributed by atoms with Crippen molar-refractivity contribution in [2.45, 2.75) is 50.7 Å². The highest BCUT2D eigenvalue weighted by Gasteiger charge is 2.33. The van der Waals surface area contributed by atoms with Crippen molar-refractivity contribution in [1.29, 1.82) is 0 Å². The van der Waals surface area contributed by atoms with Crippen LogP contribution >= 0.6 is 22.7 Å². The van der Waals surface area contributed by atoms with E-state index in [0.717, 1.165) is 41.0 Å². The van der Waals surface area contributed by atoms with E-state index in [-0.39, 0.29) is 17.9 Å². The molecule has 1 aromatic carbocycles. The van der Waals surface area contributed by atoms with Crippen molar-refractivity contribution in [3.8, 4) is 0 Å². The molecule has 1 fully saturated rings. The smallest absolute Gasteiger partial charge is 0.247 e. The number of amides is 2. The maximum absolute atomic E-state index is 13.5. The third-order valence-corrected chi connectivity index (χ3v) is 7.25. The largest absolute Gasteiger partial charge is 0.351 e. The quantitative estimate of drug-likeness (QED) is 0.527. The van der Waals surface area contributed by atoms with Crippen molar-refractivity contribution in [2.24, 2.45) is 0 Å². The Morgan fingerprint density at radius 1 is 0.933 bits per heavy atom. The van der Waals surface area contributed by atoms with Crippen molar-refractivity contribution >= 4 is 34.5 Å². The van der Waals surface area contributed by atoms with Crippen LogP contribution in [-0.2, 0) is 22.6 Å². The molecule has 156 valence electrons. The van der Waals surface area contributed by atoms with Crippen molar-refractivity contribution < 1.29 is 9.59 Å². The van der Waals surface area contributed by atoms with E-state index >= 15 is 0 Å². The van der Waals surface area contributed by atoms with Crippen LogP contribution in [0.5, 0.6) is 0 Å². The number of nitrogens with zero attached hydrogens (tertiary/aromatic N) is 1. The van der Waals surface area contributed by atoms with Gasteiger partial charge in [0, 0.05) is 15.8 Å². The number of nitrogens with one attached hydrogen (secondary N) is 1. The van der Waals surface area contributed by atoms with E-state index in [1.54, 1.807) is 27.6 Å². The number of carbonyl (C=O) groups excluding carboxylic acids is 2. The van der Waals surface area contributed by atoms with E-state index in [1.807, 2.05) is 65.4 Å². The molecule has 0 unspecified atom stereocenters. The van der Waals surface area contributed by atoms with Crippen molar-refractivity contribution in [3.05, 3.63) is 80.7 Å². The third-order valence-electron chi connectivity index (χ3n) is 5.51. The molecule has 6 heteroatoms. The molecule has 1 aliphatic rings. The second-order valence-electron chi connectivity index (χ2n) is 7.66. The summed E-state index contributed by atoms with van der Waals surface area (Å²) in [6.07, 6.45) is 4.64. The Balaban J connectivity index is 1.65. The molecule has 0 saturated heterocycles. The van der Waals surface area contributed by atoms with Gasteiger partial charge in [-0.3, -0.25) is 9.59 Å². The number of thiophene rings is 2. The fraction of sp³-hybridized carbons (Fsp3) is 0.333. The standard InChI is InChI=1S/C24H26N2O2S2/c27-22(16-20-12-6-14-29-20)26(17-21-13-7-15-30-21)23(18-8-2-1-3-9-18)24(28)25-19-10-4-5-11-19/h1-3,6-9,12-15,19,23H,4-5,10-11,16-17H2,(H,25,28)/t23-/m1/s1. The van der Waals surface area contributed by atoms with E-state index in [2.05, 4.69) is 5.32 Å². The fourth-order valence-corrected chi connectivity index (χ4v) is 5.41. The van der Waals surface area contributed by atoms with Crippen LogP contribution in [0.4, 0.5) is 0 Å². The predicted octanol–water partition coefficient (Wildman–Crippen LogP) is 5.18. The average molecular weight is 439 g/mol. The zero-order chi connectivity index (χ0) is 20.8. The topological polar surface area (TPSA) is 49.4 Å². The lowest BCUT2D eigenvalue weighted by Crippen LogP contribution is -2.46. The Morgan fingerprint density at radius 2 is 1.60 bits per heavy atom. The van der Waals surface area contributed by atoms with Gasteiger partial charge in [-0.2, -0.15) is 0 Å². The Kier molecular flexibility index (Phi) is 6.97. The Bertz CT molecular complexity index is 933. The first kappa shape index (κ1) is 20.8. The molecule has 4 nitrogen and oxygen atoms in total. The molecule has 1 atom stereocenters. The number of carbonyl (C=O) groups is 2. The van der Waals surface area contributed by atoms with Crippen LogP contribution in [0.1, 0.15) is 47.0 Å². The summed E-state index contributed by atoms with van der Waals surface area (Å²) < 4.78 is 0. The number of rotatable bonds is 8. The molecule has 0 spiro atoms. The van der Waals surface area contributed by atoms with Crippen LogP contribution in [0.25, 0.3) is 0 Å². The molecule has 0 radical (unpaired) electrons. The highest BCUT2D eigenvalue weighted by Crippen LogP contribution is 2.28. The van der Waals surface area contributed by atoms with Gasteiger partial charge in [-0.05, 0) is 41.3 Å². The Labute approximate surface area is 185 Å². The van der Waals surface area contributed by atoms with Crippen LogP contribution in [-0.4, -0.2) is 22.8 Å². The monoisotopic (exact) mass is 438 g/mol. The summed E-state index contributed by atoms with van der Waals surface area (Å²) in [5.74, 6) is -0.106. The van der Waals surface area contributed by atoms with Gasteiger partial charge in [0.05, 0.1) is 13.0 Å². The zero-order valence-corrected chi connectivity index (χ0v) is 18.5. The summed E-state index contributed by atoms with van der Waals surface area (Å²) in [5.41, 5.74) is 0.851. The van der Waals surface area contributed by atoms with Crippen molar-refractivity contribution in [3.63, 3.8) is 0 Å². The van der Waals surface area contributed by atoms with E-state index in [9.17, 15) is 9.59 Å². The molecule has 2 heterocycles. The second kappa shape index (κ2) is 10.0. The third kappa shape index (κ3) is 5.18. The Morgan fingerprint density at radius 3 is 2.23 bits per heavy atom. The average Bonchev–Trinajstić information content (AvgIpc) is 3.52. The van der Waals surface area contributed by atoms with Gasteiger partial charge in [0.15, 0.2) is 0 Å². The first-order valence-electron chi connectivity index (χ1n) is 10.4. The highest BCUT2D eigenvalue weighted by atomic mass is 32.1. The van der Waals surface area contributed by atoms with Gasteiger partial charge in [0.25, 0.3) is 0 Å². The van der Waals surface area contributed by atoms with Crippen LogP contribution in [0.2, 0.25) is 0 Å². The van der Waals surface area contributed by atoms with Gasteiger partial charge in [0.2, 0.25) is 11.8 Å². The summed E-state index contributed by atoms with van der Waals surface area (Å²) in [5, 5.41) is 7.21. The Hall–Kier alpha value is -2.44. The van der Waals surface area contributed by atoms with Gasteiger partial charge in [0.1, 0.15) is 6.04 Å². The van der Waals surface area contributed by atoms with Crippen molar-refractivity contribution in [1.82, 2.24) is 10.2 Å². The molecule has 0 bridgehead atoms. The van der Waals surface area contributed by atoms with E-state index in [4.69, 9.17) is 0 Å². The molecule has 4 rings (SSSR count). The molecule has 0 aliphatic heterocycles. The van der Waals surface area contributed by atoms with Crippen LogP contribution in [0, 0.1) is 0 Å². The van der Waals surface area contributed by atoms with Gasteiger partial charge in [-0.15, -0.1) is 22.7 Å². The lowest BCUT2D eigenvalue weighted by molar-refractivity contribution is -0.141. The summed E-state index contributed by atoms with van der Waals surface area (Å²) in [6, 6.07) is 17.2. The summed E-state index contributed by atoms with van der Waals surface area (Å²) in [4.78, 5) is 30.8. The minimum absolute atomic E-state index is 0.0266. The lowest BCUT2D eigenvalue weighted by atomic mass is 10.0. The van der Waals surface area contributed by atoms with E-state index in [0.29, 0.717) is 13.0 Å². The molecule has 1 aliphatic carbocycles. The maximum Gasteiger partial charge on any atom is 0.247 e. The van der Waals surface area contributed by atoms with Crippen molar-refractivity contribution in [2.75, 3.05) is 0 Å². The van der Waals surface area contributed by atoms with Crippen LogP contribution < -0.4 is 5.32 Å². The van der Waals surface area contributed by atoms with E-state index < -0.39 is 6.04 Å². The molecule has 2 amide bonds. The minimum Gasteiger partial charge on any atom is -0.351 e. The number of benzene rings is 1. The molecule has 1 N–H and O–H groups in total.